The Labute approximate surface area is 202 Å². The van der Waals surface area contributed by atoms with Gasteiger partial charge in [-0.05, 0) is 55.2 Å². The first-order valence-electron chi connectivity index (χ1n) is 11.3. The van der Waals surface area contributed by atoms with Crippen molar-refractivity contribution in [3.8, 4) is 5.75 Å². The highest BCUT2D eigenvalue weighted by Crippen LogP contribution is 2.21. The summed E-state index contributed by atoms with van der Waals surface area (Å²) in [6, 6.07) is 13.4. The summed E-state index contributed by atoms with van der Waals surface area (Å²) in [5, 5.41) is 2.86. The fraction of sp³-hybridized carbons (Fsp3) is 0.440. The highest BCUT2D eigenvalue weighted by atomic mass is 32.2. The van der Waals surface area contributed by atoms with Gasteiger partial charge in [-0.3, -0.25) is 13.9 Å². The van der Waals surface area contributed by atoms with Gasteiger partial charge in [-0.2, -0.15) is 0 Å². The Balaban J connectivity index is 2.41. The first-order chi connectivity index (χ1) is 16.1. The number of hydrogen-bond acceptors (Lipinski definition) is 5. The van der Waals surface area contributed by atoms with Gasteiger partial charge in [0.1, 0.15) is 18.3 Å². The molecule has 2 rings (SSSR count). The van der Waals surface area contributed by atoms with Gasteiger partial charge in [-0.25, -0.2) is 8.42 Å². The number of ether oxygens (including phenoxy) is 1. The second-order valence-corrected chi connectivity index (χ2v) is 10.1. The molecule has 0 saturated carbocycles. The molecule has 34 heavy (non-hydrogen) atoms. The Morgan fingerprint density at radius 3 is 2.29 bits per heavy atom. The average Bonchev–Trinajstić information content (AvgIpc) is 2.80. The lowest BCUT2D eigenvalue weighted by atomic mass is 10.1. The lowest BCUT2D eigenvalue weighted by Crippen LogP contribution is -2.52. The van der Waals surface area contributed by atoms with Crippen LogP contribution in [0.25, 0.3) is 0 Å². The maximum absolute atomic E-state index is 13.6. The largest absolute Gasteiger partial charge is 0.497 e. The van der Waals surface area contributed by atoms with Crippen LogP contribution in [0.1, 0.15) is 37.8 Å². The second kappa shape index (κ2) is 12.4. The molecule has 0 aliphatic rings. The van der Waals surface area contributed by atoms with Gasteiger partial charge in [0.25, 0.3) is 0 Å². The fourth-order valence-electron chi connectivity index (χ4n) is 3.61. The molecule has 0 unspecified atom stereocenters. The number of rotatable bonds is 12. The van der Waals surface area contributed by atoms with E-state index < -0.39 is 28.5 Å². The van der Waals surface area contributed by atoms with Crippen LogP contribution in [-0.4, -0.2) is 57.6 Å². The number of sulfonamides is 1. The SMILES string of the molecule is CCCNC(=O)[C@@H](CC)N(Cc1ccc(OC)cc1)C(=O)CN(c1cccc(C)c1)S(C)(=O)=O. The molecule has 2 amide bonds. The van der Waals surface area contributed by atoms with Crippen LogP contribution >= 0.6 is 0 Å². The molecule has 2 aromatic carbocycles. The number of anilines is 1. The third-order valence-electron chi connectivity index (χ3n) is 5.42. The maximum atomic E-state index is 13.6. The number of benzene rings is 2. The van der Waals surface area contributed by atoms with Crippen molar-refractivity contribution in [2.75, 3.05) is 30.8 Å². The minimum Gasteiger partial charge on any atom is -0.497 e. The molecule has 0 aliphatic heterocycles. The number of nitrogens with one attached hydrogen (secondary N) is 1. The topological polar surface area (TPSA) is 96.0 Å². The third kappa shape index (κ3) is 7.48. The van der Waals surface area contributed by atoms with Crippen LogP contribution in [0.15, 0.2) is 48.5 Å². The predicted octanol–water partition coefficient (Wildman–Crippen LogP) is 3.10. The number of carbonyl (C=O) groups excluding carboxylic acids is 2. The van der Waals surface area contributed by atoms with Gasteiger partial charge in [-0.1, -0.05) is 38.1 Å². The van der Waals surface area contributed by atoms with E-state index in [-0.39, 0.29) is 12.5 Å². The highest BCUT2D eigenvalue weighted by Gasteiger charge is 2.31. The molecule has 1 atom stereocenters. The molecule has 1 N–H and O–H groups in total. The Morgan fingerprint density at radius 2 is 1.76 bits per heavy atom. The number of hydrogen-bond donors (Lipinski definition) is 1. The standard InChI is InChI=1S/C25H35N3O5S/c1-6-15-26-25(30)23(7-2)27(17-20-11-13-22(33-4)14-12-20)24(29)18-28(34(5,31)32)21-10-8-9-19(3)16-21/h8-14,16,23H,6-7,15,17-18H2,1-5H3,(H,26,30)/t23-/m1/s1. The van der Waals surface area contributed by atoms with E-state index in [0.29, 0.717) is 24.4 Å². The lowest BCUT2D eigenvalue weighted by Gasteiger charge is -2.33. The Bertz CT molecular complexity index is 1070. The first-order valence-corrected chi connectivity index (χ1v) is 13.2. The highest BCUT2D eigenvalue weighted by molar-refractivity contribution is 7.92. The summed E-state index contributed by atoms with van der Waals surface area (Å²) in [7, 11) is -2.17. The normalized spacial score (nSPS) is 12.0. The van der Waals surface area contributed by atoms with E-state index in [9.17, 15) is 18.0 Å². The van der Waals surface area contributed by atoms with Gasteiger partial charge in [0.05, 0.1) is 19.1 Å². The Hall–Kier alpha value is -3.07. The minimum absolute atomic E-state index is 0.159. The van der Waals surface area contributed by atoms with Gasteiger partial charge in [0, 0.05) is 13.1 Å². The van der Waals surface area contributed by atoms with Crippen LogP contribution in [-0.2, 0) is 26.2 Å². The molecule has 0 fully saturated rings. The van der Waals surface area contributed by atoms with Gasteiger partial charge < -0.3 is 15.0 Å². The monoisotopic (exact) mass is 489 g/mol. The van der Waals surface area contributed by atoms with Crippen molar-refractivity contribution in [2.45, 2.75) is 46.2 Å². The zero-order valence-electron chi connectivity index (χ0n) is 20.6. The zero-order chi connectivity index (χ0) is 25.3. The van der Waals surface area contributed by atoms with Gasteiger partial charge in [0.15, 0.2) is 0 Å². The van der Waals surface area contributed by atoms with E-state index in [1.165, 1.54) is 4.90 Å². The van der Waals surface area contributed by atoms with E-state index in [1.54, 1.807) is 37.4 Å². The van der Waals surface area contributed by atoms with Crippen molar-refractivity contribution >= 4 is 27.5 Å². The summed E-state index contributed by atoms with van der Waals surface area (Å²) >= 11 is 0. The summed E-state index contributed by atoms with van der Waals surface area (Å²) in [5.74, 6) is -0.0361. The molecule has 2 aromatic rings. The molecule has 8 nitrogen and oxygen atoms in total. The Morgan fingerprint density at radius 1 is 1.09 bits per heavy atom. The van der Waals surface area contributed by atoms with Crippen LogP contribution in [0.4, 0.5) is 5.69 Å². The number of amides is 2. The van der Waals surface area contributed by atoms with Crippen molar-refractivity contribution < 1.29 is 22.7 Å². The van der Waals surface area contributed by atoms with Crippen molar-refractivity contribution in [3.63, 3.8) is 0 Å². The number of methoxy groups -OCH3 is 1. The minimum atomic E-state index is -3.74. The summed E-state index contributed by atoms with van der Waals surface area (Å²) in [4.78, 5) is 27.9. The molecule has 9 heteroatoms. The summed E-state index contributed by atoms with van der Waals surface area (Å²) < 4.78 is 31.5. The van der Waals surface area contributed by atoms with Crippen LogP contribution in [0.5, 0.6) is 5.75 Å². The van der Waals surface area contributed by atoms with E-state index in [1.807, 2.05) is 39.0 Å². The van der Waals surface area contributed by atoms with E-state index in [0.717, 1.165) is 28.1 Å². The van der Waals surface area contributed by atoms with E-state index >= 15 is 0 Å². The predicted molar refractivity (Wildman–Crippen MR) is 134 cm³/mol. The smallest absolute Gasteiger partial charge is 0.244 e. The van der Waals surface area contributed by atoms with Crippen molar-refractivity contribution in [2.24, 2.45) is 0 Å². The summed E-state index contributed by atoms with van der Waals surface area (Å²) in [6.45, 7) is 5.89. The van der Waals surface area contributed by atoms with Crippen LogP contribution < -0.4 is 14.4 Å². The number of carbonyl (C=O) groups is 2. The van der Waals surface area contributed by atoms with E-state index in [2.05, 4.69) is 5.32 Å². The van der Waals surface area contributed by atoms with Crippen LogP contribution in [0.2, 0.25) is 0 Å². The molecule has 0 saturated heterocycles. The maximum Gasteiger partial charge on any atom is 0.244 e. The number of nitrogens with zero attached hydrogens (tertiary/aromatic N) is 2. The fourth-order valence-corrected chi connectivity index (χ4v) is 4.45. The molecule has 0 aliphatic carbocycles. The summed E-state index contributed by atoms with van der Waals surface area (Å²) in [6.07, 6.45) is 2.23. The third-order valence-corrected chi connectivity index (χ3v) is 6.56. The first kappa shape index (κ1) is 27.2. The van der Waals surface area contributed by atoms with Crippen molar-refractivity contribution in [1.29, 1.82) is 0 Å². The second-order valence-electron chi connectivity index (χ2n) is 8.19. The number of aryl methyl sites for hydroxylation is 1. The van der Waals surface area contributed by atoms with Crippen LogP contribution in [0.3, 0.4) is 0 Å². The van der Waals surface area contributed by atoms with Crippen LogP contribution in [0, 0.1) is 6.92 Å². The van der Waals surface area contributed by atoms with Gasteiger partial charge in [0.2, 0.25) is 21.8 Å². The quantitative estimate of drug-likeness (QED) is 0.494. The summed E-state index contributed by atoms with van der Waals surface area (Å²) in [5.41, 5.74) is 2.08. The molecular weight excluding hydrogens is 454 g/mol. The van der Waals surface area contributed by atoms with Crippen molar-refractivity contribution in [3.05, 3.63) is 59.7 Å². The van der Waals surface area contributed by atoms with Crippen molar-refractivity contribution in [1.82, 2.24) is 10.2 Å². The zero-order valence-corrected chi connectivity index (χ0v) is 21.4. The molecule has 0 heterocycles. The molecule has 186 valence electrons. The molecule has 0 radical (unpaired) electrons. The lowest BCUT2D eigenvalue weighted by molar-refractivity contribution is -0.140. The van der Waals surface area contributed by atoms with E-state index in [4.69, 9.17) is 4.74 Å². The molecule has 0 spiro atoms. The molecular formula is C25H35N3O5S. The average molecular weight is 490 g/mol. The van der Waals surface area contributed by atoms with Gasteiger partial charge in [-0.15, -0.1) is 0 Å². The molecule has 0 aromatic heterocycles. The molecule has 0 bridgehead atoms. The Kier molecular flexibility index (Phi) is 9.92. The van der Waals surface area contributed by atoms with Gasteiger partial charge >= 0.3 is 0 Å².